The summed E-state index contributed by atoms with van der Waals surface area (Å²) >= 11 is 3.55. The number of hydrogen-bond acceptors (Lipinski definition) is 2. The highest BCUT2D eigenvalue weighted by atomic mass is 79.9. The maximum absolute atomic E-state index is 5.30. The van der Waals surface area contributed by atoms with Crippen LogP contribution in [0.15, 0.2) is 46.9 Å². The highest BCUT2D eigenvalue weighted by Crippen LogP contribution is 2.39. The summed E-state index contributed by atoms with van der Waals surface area (Å²) in [5.41, 5.74) is 3.87. The summed E-state index contributed by atoms with van der Waals surface area (Å²) in [6.07, 6.45) is 2.36. The average molecular weight is 346 g/mol. The summed E-state index contributed by atoms with van der Waals surface area (Å²) in [5, 5.41) is 3.63. The predicted molar refractivity (Wildman–Crippen MR) is 91.3 cm³/mol. The highest BCUT2D eigenvalue weighted by molar-refractivity contribution is 9.10. The molecule has 0 bridgehead atoms. The summed E-state index contributed by atoms with van der Waals surface area (Å²) < 4.78 is 6.43. The second kappa shape index (κ2) is 6.10. The number of methoxy groups -OCH3 is 1. The van der Waals surface area contributed by atoms with Crippen molar-refractivity contribution in [2.45, 2.75) is 31.7 Å². The Kier molecular flexibility index (Phi) is 4.20. The van der Waals surface area contributed by atoms with E-state index in [1.165, 1.54) is 29.7 Å². The highest BCUT2D eigenvalue weighted by Gasteiger charge is 2.30. The van der Waals surface area contributed by atoms with E-state index in [9.17, 15) is 0 Å². The zero-order valence-corrected chi connectivity index (χ0v) is 14.0. The van der Waals surface area contributed by atoms with Crippen molar-refractivity contribution in [3.05, 3.63) is 58.1 Å². The number of aryl methyl sites for hydroxylation is 1. The van der Waals surface area contributed by atoms with Crippen molar-refractivity contribution < 1.29 is 4.74 Å². The van der Waals surface area contributed by atoms with Crippen LogP contribution in [0.1, 0.15) is 29.9 Å². The van der Waals surface area contributed by atoms with Crippen molar-refractivity contribution in [1.29, 1.82) is 0 Å². The molecule has 0 unspecified atom stereocenters. The van der Waals surface area contributed by atoms with Crippen LogP contribution < -0.4 is 10.1 Å². The summed E-state index contributed by atoms with van der Waals surface area (Å²) in [7, 11) is 1.72. The van der Waals surface area contributed by atoms with Crippen LogP contribution in [0.5, 0.6) is 5.75 Å². The second-order valence-corrected chi connectivity index (χ2v) is 6.72. The minimum atomic E-state index is 0.565. The first-order chi connectivity index (χ1) is 10.1. The molecule has 3 heteroatoms. The van der Waals surface area contributed by atoms with E-state index in [-0.39, 0.29) is 0 Å². The number of rotatable bonds is 4. The van der Waals surface area contributed by atoms with Gasteiger partial charge in [0.1, 0.15) is 5.75 Å². The molecule has 0 aromatic heterocycles. The normalized spacial score (nSPS) is 20.7. The average Bonchev–Trinajstić information content (AvgIpc) is 2.41. The van der Waals surface area contributed by atoms with E-state index in [1.54, 1.807) is 7.11 Å². The van der Waals surface area contributed by atoms with Crippen molar-refractivity contribution in [2.24, 2.45) is 0 Å². The second-order valence-electron chi connectivity index (χ2n) is 5.80. The Balaban J connectivity index is 1.60. The van der Waals surface area contributed by atoms with Gasteiger partial charge in [0.05, 0.1) is 7.11 Å². The first-order valence-corrected chi connectivity index (χ1v) is 8.11. The fourth-order valence-electron chi connectivity index (χ4n) is 2.96. The van der Waals surface area contributed by atoms with Gasteiger partial charge in [0.25, 0.3) is 0 Å². The molecule has 1 fully saturated rings. The van der Waals surface area contributed by atoms with Gasteiger partial charge in [-0.25, -0.2) is 0 Å². The van der Waals surface area contributed by atoms with Gasteiger partial charge in [0.2, 0.25) is 0 Å². The quantitative estimate of drug-likeness (QED) is 0.829. The zero-order chi connectivity index (χ0) is 14.8. The summed E-state index contributed by atoms with van der Waals surface area (Å²) in [6, 6.07) is 15.5. The third kappa shape index (κ3) is 3.41. The molecule has 2 nitrogen and oxygen atoms in total. The Labute approximate surface area is 134 Å². The lowest BCUT2D eigenvalue weighted by molar-refractivity contribution is 0.370. The monoisotopic (exact) mass is 345 g/mol. The lowest BCUT2D eigenvalue weighted by Gasteiger charge is -2.37. The van der Waals surface area contributed by atoms with E-state index in [2.05, 4.69) is 64.6 Å². The van der Waals surface area contributed by atoms with Crippen molar-refractivity contribution in [3.63, 3.8) is 0 Å². The summed E-state index contributed by atoms with van der Waals surface area (Å²) in [6.45, 7) is 2.12. The lowest BCUT2D eigenvalue weighted by atomic mass is 9.75. The minimum Gasteiger partial charge on any atom is -0.497 e. The van der Waals surface area contributed by atoms with Gasteiger partial charge in [0, 0.05) is 16.2 Å². The molecule has 1 N–H and O–H groups in total. The van der Waals surface area contributed by atoms with Gasteiger partial charge in [-0.1, -0.05) is 28.1 Å². The van der Waals surface area contributed by atoms with Crippen LogP contribution in [-0.4, -0.2) is 13.2 Å². The van der Waals surface area contributed by atoms with Gasteiger partial charge in [-0.2, -0.15) is 0 Å². The molecule has 0 heterocycles. The maximum atomic E-state index is 5.30. The number of benzene rings is 2. The molecule has 21 heavy (non-hydrogen) atoms. The maximum Gasteiger partial charge on any atom is 0.119 e. The van der Waals surface area contributed by atoms with Gasteiger partial charge >= 0.3 is 0 Å². The summed E-state index contributed by atoms with van der Waals surface area (Å²) in [4.78, 5) is 0. The molecule has 3 rings (SSSR count). The van der Waals surface area contributed by atoms with Gasteiger partial charge < -0.3 is 10.1 Å². The van der Waals surface area contributed by atoms with Crippen LogP contribution in [0.4, 0.5) is 5.69 Å². The number of halogens is 1. The molecule has 1 aliphatic carbocycles. The minimum absolute atomic E-state index is 0.565. The summed E-state index contributed by atoms with van der Waals surface area (Å²) in [5.74, 6) is 1.59. The molecule has 0 amide bonds. The zero-order valence-electron chi connectivity index (χ0n) is 12.4. The van der Waals surface area contributed by atoms with Gasteiger partial charge in [-0.15, -0.1) is 0 Å². The van der Waals surface area contributed by atoms with Crippen LogP contribution in [0.25, 0.3) is 0 Å². The molecule has 0 atom stereocenters. The van der Waals surface area contributed by atoms with E-state index < -0.39 is 0 Å². The van der Waals surface area contributed by atoms with Crippen LogP contribution >= 0.6 is 15.9 Å². The Morgan fingerprint density at radius 3 is 2.67 bits per heavy atom. The fourth-order valence-corrected chi connectivity index (χ4v) is 3.57. The number of ether oxygens (including phenoxy) is 1. The molecular formula is C18H20BrNO. The third-order valence-corrected chi connectivity index (χ3v) is 4.57. The lowest BCUT2D eigenvalue weighted by Crippen LogP contribution is -2.34. The molecule has 0 spiro atoms. The molecule has 0 radical (unpaired) electrons. The van der Waals surface area contributed by atoms with Crippen LogP contribution in [0.3, 0.4) is 0 Å². The number of nitrogens with one attached hydrogen (secondary N) is 1. The molecular weight excluding hydrogens is 326 g/mol. The van der Waals surface area contributed by atoms with Crippen LogP contribution in [0.2, 0.25) is 0 Å². The molecule has 1 aliphatic rings. The number of hydrogen-bond donors (Lipinski definition) is 1. The van der Waals surface area contributed by atoms with Crippen molar-refractivity contribution in [2.75, 3.05) is 12.4 Å². The first-order valence-electron chi connectivity index (χ1n) is 7.32. The Hall–Kier alpha value is -1.48. The molecule has 110 valence electrons. The topological polar surface area (TPSA) is 21.3 Å². The van der Waals surface area contributed by atoms with E-state index >= 15 is 0 Å². The third-order valence-electron chi connectivity index (χ3n) is 4.12. The SMILES string of the molecule is COc1cccc(C2CC(Nc3cc(C)cc(Br)c3)C2)c1. The van der Waals surface area contributed by atoms with Gasteiger partial charge in [-0.05, 0) is 67.1 Å². The fraction of sp³-hybridized carbons (Fsp3) is 0.333. The number of anilines is 1. The van der Waals surface area contributed by atoms with Crippen LogP contribution in [-0.2, 0) is 0 Å². The molecule has 2 aromatic carbocycles. The Morgan fingerprint density at radius 1 is 1.14 bits per heavy atom. The first kappa shape index (κ1) is 14.5. The molecule has 2 aromatic rings. The van der Waals surface area contributed by atoms with Crippen molar-refractivity contribution in [1.82, 2.24) is 0 Å². The van der Waals surface area contributed by atoms with Crippen molar-refractivity contribution >= 4 is 21.6 Å². The van der Waals surface area contributed by atoms with E-state index in [1.807, 2.05) is 6.07 Å². The smallest absolute Gasteiger partial charge is 0.119 e. The standard InChI is InChI=1S/C18H20BrNO/c1-12-6-15(19)11-16(7-12)20-17-8-14(9-17)13-4-3-5-18(10-13)21-2/h3-7,10-11,14,17,20H,8-9H2,1-2H3. The van der Waals surface area contributed by atoms with Crippen molar-refractivity contribution in [3.8, 4) is 5.75 Å². The van der Waals surface area contributed by atoms with E-state index in [4.69, 9.17) is 4.74 Å². The molecule has 1 saturated carbocycles. The Morgan fingerprint density at radius 2 is 1.95 bits per heavy atom. The predicted octanol–water partition coefficient (Wildman–Crippen LogP) is 5.12. The molecule has 0 saturated heterocycles. The largest absolute Gasteiger partial charge is 0.497 e. The van der Waals surface area contributed by atoms with E-state index in [0.29, 0.717) is 12.0 Å². The van der Waals surface area contributed by atoms with Gasteiger partial charge in [-0.3, -0.25) is 0 Å². The van der Waals surface area contributed by atoms with Crippen LogP contribution in [0, 0.1) is 6.92 Å². The Bertz CT molecular complexity index is 615. The van der Waals surface area contributed by atoms with E-state index in [0.717, 1.165) is 10.2 Å². The molecule has 0 aliphatic heterocycles. The van der Waals surface area contributed by atoms with Gasteiger partial charge in [0.15, 0.2) is 0 Å².